The molecule has 0 aromatic heterocycles. The number of anilines is 1. The molecule has 1 saturated carbocycles. The fraction of sp³-hybridized carbons (Fsp3) is 0.520. The molecule has 2 aliphatic rings. The first kappa shape index (κ1) is 25.2. The van der Waals surface area contributed by atoms with Crippen molar-refractivity contribution in [1.82, 2.24) is 9.62 Å². The molecule has 0 amide bonds. The maximum Gasteiger partial charge on any atom is 0.240 e. The zero-order chi connectivity index (χ0) is 24.1. The van der Waals surface area contributed by atoms with Gasteiger partial charge >= 0.3 is 0 Å². The van der Waals surface area contributed by atoms with Crippen LogP contribution in [-0.2, 0) is 10.0 Å². The number of nitrogens with one attached hydrogen (secondary N) is 1. The maximum absolute atomic E-state index is 13.1. The second-order valence-electron chi connectivity index (χ2n) is 9.23. The Kier molecular flexibility index (Phi) is 8.34. The fourth-order valence-corrected chi connectivity index (χ4v) is 6.43. The Bertz CT molecular complexity index is 1050. The van der Waals surface area contributed by atoms with Gasteiger partial charge in [-0.3, -0.25) is 4.90 Å². The molecule has 1 heterocycles. The molecular formula is C25H33ClFN3O3S. The number of benzene rings is 2. The summed E-state index contributed by atoms with van der Waals surface area (Å²) in [5.41, 5.74) is 1.05. The van der Waals surface area contributed by atoms with E-state index in [0.29, 0.717) is 10.9 Å². The number of rotatable bonds is 8. The first-order chi connectivity index (χ1) is 16.3. The molecular weight excluding hydrogens is 477 g/mol. The van der Waals surface area contributed by atoms with Crippen molar-refractivity contribution in [2.24, 2.45) is 5.92 Å². The molecule has 4 rings (SSSR count). The minimum absolute atomic E-state index is 0.0532. The molecule has 0 radical (unpaired) electrons. The third-order valence-corrected chi connectivity index (χ3v) is 8.77. The zero-order valence-electron chi connectivity index (χ0n) is 19.6. The molecule has 0 unspecified atom stereocenters. The summed E-state index contributed by atoms with van der Waals surface area (Å²) >= 11 is 6.20. The SMILES string of the molecule is COc1ccc(Cl)cc1N1CCN(CCC2CCC(NS(=O)(=O)c3ccc(F)cc3)CC2)CC1. The zero-order valence-corrected chi connectivity index (χ0v) is 21.1. The lowest BCUT2D eigenvalue weighted by atomic mass is 9.84. The molecule has 2 aromatic carbocycles. The van der Waals surface area contributed by atoms with E-state index in [9.17, 15) is 12.8 Å². The lowest BCUT2D eigenvalue weighted by molar-refractivity contribution is 0.214. The van der Waals surface area contributed by atoms with Crippen LogP contribution in [0.3, 0.4) is 0 Å². The average Bonchev–Trinajstić information content (AvgIpc) is 2.84. The number of hydrogen-bond acceptors (Lipinski definition) is 5. The molecule has 186 valence electrons. The fourth-order valence-electron chi connectivity index (χ4n) is 4.96. The molecule has 34 heavy (non-hydrogen) atoms. The number of methoxy groups -OCH3 is 1. The van der Waals surface area contributed by atoms with E-state index < -0.39 is 15.8 Å². The van der Waals surface area contributed by atoms with Crippen molar-refractivity contribution in [2.75, 3.05) is 44.7 Å². The van der Waals surface area contributed by atoms with Gasteiger partial charge in [-0.1, -0.05) is 11.6 Å². The predicted molar refractivity (Wildman–Crippen MR) is 134 cm³/mol. The van der Waals surface area contributed by atoms with Crippen LogP contribution >= 0.6 is 11.6 Å². The van der Waals surface area contributed by atoms with Gasteiger partial charge in [0, 0.05) is 37.2 Å². The predicted octanol–water partition coefficient (Wildman–Crippen LogP) is 4.54. The van der Waals surface area contributed by atoms with Gasteiger partial charge in [0.1, 0.15) is 11.6 Å². The van der Waals surface area contributed by atoms with Gasteiger partial charge in [-0.2, -0.15) is 0 Å². The molecule has 6 nitrogen and oxygen atoms in total. The lowest BCUT2D eigenvalue weighted by Crippen LogP contribution is -2.47. The Morgan fingerprint density at radius 1 is 1.03 bits per heavy atom. The van der Waals surface area contributed by atoms with Crippen LogP contribution in [0.25, 0.3) is 0 Å². The monoisotopic (exact) mass is 509 g/mol. The lowest BCUT2D eigenvalue weighted by Gasteiger charge is -2.37. The maximum atomic E-state index is 13.1. The number of sulfonamides is 1. The summed E-state index contributed by atoms with van der Waals surface area (Å²) in [6, 6.07) is 10.7. The first-order valence-electron chi connectivity index (χ1n) is 11.9. The molecule has 0 spiro atoms. The Labute approximate surface area is 207 Å². The van der Waals surface area contributed by atoms with Crippen LogP contribution in [0.5, 0.6) is 5.75 Å². The van der Waals surface area contributed by atoms with E-state index >= 15 is 0 Å². The summed E-state index contributed by atoms with van der Waals surface area (Å²) in [5.74, 6) is 1.03. The number of halogens is 2. The molecule has 0 atom stereocenters. The molecule has 0 bridgehead atoms. The standard InChI is InChI=1S/C25H33ClFN3O3S/c1-33-25-11-4-20(26)18-24(25)30-16-14-29(15-17-30)13-12-19-2-7-22(8-3-19)28-34(31,32)23-9-5-21(27)6-10-23/h4-6,9-11,18-19,22,28H,2-3,7-8,12-17H2,1H3. The highest BCUT2D eigenvalue weighted by molar-refractivity contribution is 7.89. The van der Waals surface area contributed by atoms with Gasteiger partial charge < -0.3 is 9.64 Å². The summed E-state index contributed by atoms with van der Waals surface area (Å²) in [7, 11) is -1.92. The van der Waals surface area contributed by atoms with Crippen LogP contribution in [0.15, 0.2) is 47.4 Å². The molecule has 9 heteroatoms. The minimum Gasteiger partial charge on any atom is -0.495 e. The Balaban J connectivity index is 1.19. The van der Waals surface area contributed by atoms with Crippen LogP contribution in [0, 0.1) is 11.7 Å². The Hall–Kier alpha value is -1.87. The Morgan fingerprint density at radius 2 is 1.71 bits per heavy atom. The van der Waals surface area contributed by atoms with Crippen molar-refractivity contribution in [3.8, 4) is 5.75 Å². The first-order valence-corrected chi connectivity index (χ1v) is 13.8. The van der Waals surface area contributed by atoms with Gasteiger partial charge in [0.15, 0.2) is 0 Å². The quantitative estimate of drug-likeness (QED) is 0.566. The van der Waals surface area contributed by atoms with E-state index in [-0.39, 0.29) is 10.9 Å². The second-order valence-corrected chi connectivity index (χ2v) is 11.4. The topological polar surface area (TPSA) is 61.9 Å². The van der Waals surface area contributed by atoms with Crippen LogP contribution in [0.1, 0.15) is 32.1 Å². The highest BCUT2D eigenvalue weighted by Gasteiger charge is 2.27. The molecule has 1 aliphatic heterocycles. The number of nitrogens with zero attached hydrogens (tertiary/aromatic N) is 2. The highest BCUT2D eigenvalue weighted by atomic mass is 35.5. The number of piperazine rings is 1. The van der Waals surface area contributed by atoms with Crippen LogP contribution in [0.2, 0.25) is 5.02 Å². The van der Waals surface area contributed by atoms with E-state index in [4.69, 9.17) is 16.3 Å². The molecule has 1 N–H and O–H groups in total. The molecule has 2 fully saturated rings. The van der Waals surface area contributed by atoms with Crippen molar-refractivity contribution in [3.05, 3.63) is 53.3 Å². The van der Waals surface area contributed by atoms with E-state index in [0.717, 1.165) is 76.3 Å². The van der Waals surface area contributed by atoms with Crippen molar-refractivity contribution in [2.45, 2.75) is 43.0 Å². The largest absolute Gasteiger partial charge is 0.495 e. The van der Waals surface area contributed by atoms with E-state index in [1.165, 1.54) is 24.3 Å². The summed E-state index contributed by atoms with van der Waals surface area (Å²) < 4.78 is 46.5. The van der Waals surface area contributed by atoms with Crippen molar-refractivity contribution in [3.63, 3.8) is 0 Å². The third kappa shape index (κ3) is 6.42. The number of hydrogen-bond donors (Lipinski definition) is 1. The summed E-state index contributed by atoms with van der Waals surface area (Å²) in [4.78, 5) is 4.96. The Morgan fingerprint density at radius 3 is 2.35 bits per heavy atom. The molecule has 2 aromatic rings. The van der Waals surface area contributed by atoms with Crippen LogP contribution < -0.4 is 14.4 Å². The van der Waals surface area contributed by atoms with Crippen LogP contribution in [-0.4, -0.2) is 59.2 Å². The van der Waals surface area contributed by atoms with Gasteiger partial charge in [-0.05, 0) is 87.0 Å². The average molecular weight is 510 g/mol. The summed E-state index contributed by atoms with van der Waals surface area (Å²) in [6.45, 7) is 4.95. The van der Waals surface area contributed by atoms with Gasteiger partial charge in [-0.15, -0.1) is 0 Å². The van der Waals surface area contributed by atoms with E-state index in [2.05, 4.69) is 14.5 Å². The van der Waals surface area contributed by atoms with Crippen LogP contribution in [0.4, 0.5) is 10.1 Å². The third-order valence-electron chi connectivity index (χ3n) is 7.00. The summed E-state index contributed by atoms with van der Waals surface area (Å²) in [6.07, 6.45) is 4.87. The van der Waals surface area contributed by atoms with Gasteiger partial charge in [0.2, 0.25) is 10.0 Å². The minimum atomic E-state index is -3.61. The van der Waals surface area contributed by atoms with Crippen molar-refractivity contribution in [1.29, 1.82) is 0 Å². The highest BCUT2D eigenvalue weighted by Crippen LogP contribution is 2.32. The van der Waals surface area contributed by atoms with Gasteiger partial charge in [0.05, 0.1) is 17.7 Å². The smallest absolute Gasteiger partial charge is 0.240 e. The van der Waals surface area contributed by atoms with E-state index in [1.54, 1.807) is 7.11 Å². The van der Waals surface area contributed by atoms with Crippen molar-refractivity contribution >= 4 is 27.3 Å². The van der Waals surface area contributed by atoms with Gasteiger partial charge in [-0.25, -0.2) is 17.5 Å². The van der Waals surface area contributed by atoms with Gasteiger partial charge in [0.25, 0.3) is 0 Å². The van der Waals surface area contributed by atoms with E-state index in [1.807, 2.05) is 18.2 Å². The molecule has 1 aliphatic carbocycles. The number of ether oxygens (including phenoxy) is 1. The summed E-state index contributed by atoms with van der Waals surface area (Å²) in [5, 5.41) is 0.716. The van der Waals surface area contributed by atoms with Crippen molar-refractivity contribution < 1.29 is 17.5 Å². The normalized spacial score (nSPS) is 22.0. The second kappa shape index (κ2) is 11.2. The molecule has 1 saturated heterocycles.